The van der Waals surface area contributed by atoms with E-state index in [9.17, 15) is 9.36 Å². The van der Waals surface area contributed by atoms with Crippen molar-refractivity contribution in [3.8, 4) is 0 Å². The first-order valence-electron chi connectivity index (χ1n) is 12.9. The predicted molar refractivity (Wildman–Crippen MR) is 139 cm³/mol. The Bertz CT molecular complexity index is 505. The number of nitrogens with one attached hydrogen (secondary N) is 1. The molecule has 0 saturated heterocycles. The summed E-state index contributed by atoms with van der Waals surface area (Å²) >= 11 is 3.26. The van der Waals surface area contributed by atoms with E-state index >= 15 is 0 Å². The molecule has 9 heteroatoms. The van der Waals surface area contributed by atoms with Crippen LogP contribution in [0, 0.1) is 5.92 Å². The summed E-state index contributed by atoms with van der Waals surface area (Å²) in [5.41, 5.74) is 0. The molecule has 198 valence electrons. The third-order valence-corrected chi connectivity index (χ3v) is 6.89. The lowest BCUT2D eigenvalue weighted by Crippen LogP contribution is -2.38. The zero-order valence-corrected chi connectivity index (χ0v) is 23.4. The van der Waals surface area contributed by atoms with Crippen molar-refractivity contribution in [1.29, 1.82) is 0 Å². The van der Waals surface area contributed by atoms with Gasteiger partial charge in [0.1, 0.15) is 5.78 Å². The fraction of sp³-hybridized carbons (Fsp3) is 0.958. The number of rotatable bonds is 25. The van der Waals surface area contributed by atoms with Gasteiger partial charge in [0.15, 0.2) is 0 Å². The van der Waals surface area contributed by atoms with Crippen LogP contribution in [0.15, 0.2) is 0 Å². The van der Waals surface area contributed by atoms with Crippen LogP contribution in [0.2, 0.25) is 0 Å². The topological polar surface area (TPSA) is 105 Å². The van der Waals surface area contributed by atoms with E-state index in [2.05, 4.69) is 28.2 Å². The molecule has 0 rings (SSSR count). The lowest BCUT2D eigenvalue weighted by Gasteiger charge is -2.26. The maximum Gasteiger partial charge on any atom is 0.469 e. The molecule has 7 nitrogen and oxygen atoms in total. The minimum Gasteiger partial charge on any atom is -0.381 e. The molecule has 0 amide bonds. The molecule has 0 aliphatic heterocycles. The molecule has 0 radical (unpaired) electrons. The standard InChI is InChI=1S/C24H49BrNO6P/c1-3-4-5-6-7-8-9-10-11-12-13-14-15-16-17-31-21-23(20-26-19-22(2)27)24(18-25)32-33(28,29)30/h23-24,26H,3-21H2,1-2H3,(H2,28,29,30). The monoisotopic (exact) mass is 557 g/mol. The SMILES string of the molecule is CCCCCCCCCCCCCCCCOCC(CNCC(C)=O)C(CBr)OP(=O)(O)O. The van der Waals surface area contributed by atoms with Crippen LogP contribution in [-0.4, -0.2) is 53.3 Å². The van der Waals surface area contributed by atoms with E-state index in [1.54, 1.807) is 0 Å². The van der Waals surface area contributed by atoms with E-state index in [-0.39, 0.29) is 23.6 Å². The van der Waals surface area contributed by atoms with Gasteiger partial charge in [-0.1, -0.05) is 106 Å². The third kappa shape index (κ3) is 23.7. The van der Waals surface area contributed by atoms with Crippen molar-refractivity contribution < 1.29 is 28.4 Å². The highest BCUT2D eigenvalue weighted by Gasteiger charge is 2.29. The maximum atomic E-state index is 11.2. The van der Waals surface area contributed by atoms with Crippen LogP contribution in [0.1, 0.15) is 104 Å². The summed E-state index contributed by atoms with van der Waals surface area (Å²) in [4.78, 5) is 29.4. The number of unbranched alkanes of at least 4 members (excludes halogenated alkanes) is 13. The third-order valence-electron chi connectivity index (χ3n) is 5.71. The van der Waals surface area contributed by atoms with Crippen molar-refractivity contribution in [1.82, 2.24) is 5.32 Å². The number of carbonyl (C=O) groups excluding carboxylic acids is 1. The molecule has 0 bridgehead atoms. The van der Waals surface area contributed by atoms with Crippen LogP contribution in [0.3, 0.4) is 0 Å². The van der Waals surface area contributed by atoms with Crippen molar-refractivity contribution in [3.63, 3.8) is 0 Å². The van der Waals surface area contributed by atoms with Crippen LogP contribution in [0.4, 0.5) is 0 Å². The minimum atomic E-state index is -4.60. The van der Waals surface area contributed by atoms with E-state index in [4.69, 9.17) is 19.0 Å². The summed E-state index contributed by atoms with van der Waals surface area (Å²) in [6.07, 6.45) is 17.6. The highest BCUT2D eigenvalue weighted by molar-refractivity contribution is 9.09. The number of phosphoric ester groups is 1. The van der Waals surface area contributed by atoms with Crippen molar-refractivity contribution in [2.24, 2.45) is 5.92 Å². The fourth-order valence-corrected chi connectivity index (χ4v) is 5.25. The quantitative estimate of drug-likeness (QED) is 0.0701. The molecular weight excluding hydrogens is 509 g/mol. The van der Waals surface area contributed by atoms with Gasteiger partial charge in [0, 0.05) is 24.4 Å². The second-order valence-electron chi connectivity index (χ2n) is 9.05. The number of alkyl halides is 1. The van der Waals surface area contributed by atoms with Crippen molar-refractivity contribution in [3.05, 3.63) is 0 Å². The van der Waals surface area contributed by atoms with E-state index < -0.39 is 13.9 Å². The Labute approximate surface area is 210 Å². The fourth-order valence-electron chi connectivity index (χ4n) is 3.78. The number of carbonyl (C=O) groups is 1. The summed E-state index contributed by atoms with van der Waals surface area (Å²) in [6.45, 7) is 5.28. The molecule has 0 spiro atoms. The Kier molecular flexibility index (Phi) is 22.8. The first-order chi connectivity index (χ1) is 15.8. The maximum absolute atomic E-state index is 11.2. The van der Waals surface area contributed by atoms with E-state index in [0.29, 0.717) is 19.8 Å². The van der Waals surface area contributed by atoms with Gasteiger partial charge < -0.3 is 19.8 Å². The summed E-state index contributed by atoms with van der Waals surface area (Å²) in [7, 11) is -4.60. The summed E-state index contributed by atoms with van der Waals surface area (Å²) in [5, 5.41) is 3.28. The number of hydrogen-bond acceptors (Lipinski definition) is 5. The number of halogens is 1. The highest BCUT2D eigenvalue weighted by Crippen LogP contribution is 2.39. The van der Waals surface area contributed by atoms with Gasteiger partial charge in [0.05, 0.1) is 19.3 Å². The van der Waals surface area contributed by atoms with Crippen LogP contribution >= 0.6 is 23.8 Å². The number of hydrogen-bond donors (Lipinski definition) is 3. The first-order valence-corrected chi connectivity index (χ1v) is 15.5. The first kappa shape index (κ1) is 33.2. The molecule has 0 aliphatic rings. The van der Waals surface area contributed by atoms with Crippen molar-refractivity contribution >= 4 is 29.5 Å². The lowest BCUT2D eigenvalue weighted by atomic mass is 10.0. The van der Waals surface area contributed by atoms with Crippen LogP contribution in [0.25, 0.3) is 0 Å². The Hall–Kier alpha value is 0.180. The highest BCUT2D eigenvalue weighted by atomic mass is 79.9. The number of Topliss-reactive ketones (excluding diaryl/α,β-unsaturated/α-hetero) is 1. The number of phosphoric acid groups is 1. The summed E-state index contributed by atoms with van der Waals surface area (Å²) < 4.78 is 21.9. The minimum absolute atomic E-state index is 0.00313. The van der Waals surface area contributed by atoms with Crippen molar-refractivity contribution in [2.75, 3.05) is 31.6 Å². The van der Waals surface area contributed by atoms with Gasteiger partial charge in [-0.3, -0.25) is 9.32 Å². The second-order valence-corrected chi connectivity index (χ2v) is 10.9. The number of ketones is 1. The van der Waals surface area contributed by atoms with Crippen LogP contribution in [0.5, 0.6) is 0 Å². The van der Waals surface area contributed by atoms with Gasteiger partial charge in [-0.15, -0.1) is 0 Å². The zero-order valence-electron chi connectivity index (χ0n) is 20.9. The summed E-state index contributed by atoms with van der Waals surface area (Å²) in [5.74, 6) is -0.272. The van der Waals surface area contributed by atoms with E-state index in [1.165, 1.54) is 84.0 Å². The largest absolute Gasteiger partial charge is 0.469 e. The molecule has 33 heavy (non-hydrogen) atoms. The zero-order chi connectivity index (χ0) is 24.8. The van der Waals surface area contributed by atoms with E-state index in [1.807, 2.05) is 0 Å². The summed E-state index contributed by atoms with van der Waals surface area (Å²) in [6, 6.07) is 0. The molecule has 0 saturated carbocycles. The molecule has 0 aliphatic carbocycles. The van der Waals surface area contributed by atoms with Gasteiger partial charge in [0.2, 0.25) is 0 Å². The number of ether oxygens (including phenoxy) is 1. The molecule has 0 aromatic carbocycles. The Morgan fingerprint density at radius 1 is 0.909 bits per heavy atom. The molecule has 2 unspecified atom stereocenters. The normalized spacial score (nSPS) is 13.8. The van der Waals surface area contributed by atoms with Gasteiger partial charge in [-0.25, -0.2) is 4.57 Å². The van der Waals surface area contributed by atoms with Crippen LogP contribution in [-0.2, 0) is 18.6 Å². The average Bonchev–Trinajstić information content (AvgIpc) is 2.75. The molecular formula is C24H49BrNO6P. The van der Waals surface area contributed by atoms with Gasteiger partial charge in [0.25, 0.3) is 0 Å². The smallest absolute Gasteiger partial charge is 0.381 e. The van der Waals surface area contributed by atoms with Gasteiger partial charge in [-0.2, -0.15) is 0 Å². The molecule has 0 heterocycles. The van der Waals surface area contributed by atoms with E-state index in [0.717, 1.165) is 12.8 Å². The second kappa shape index (κ2) is 22.6. The van der Waals surface area contributed by atoms with Gasteiger partial charge in [-0.05, 0) is 13.3 Å². The molecule has 0 aromatic rings. The predicted octanol–water partition coefficient (Wildman–Crippen LogP) is 6.15. The van der Waals surface area contributed by atoms with Gasteiger partial charge >= 0.3 is 7.82 Å². The lowest BCUT2D eigenvalue weighted by molar-refractivity contribution is -0.116. The average molecular weight is 559 g/mol. The molecule has 0 aromatic heterocycles. The molecule has 0 fully saturated rings. The molecule has 2 atom stereocenters. The Morgan fingerprint density at radius 3 is 1.82 bits per heavy atom. The molecule has 3 N–H and O–H groups in total. The van der Waals surface area contributed by atoms with Crippen molar-refractivity contribution in [2.45, 2.75) is 110 Å². The Balaban J connectivity index is 3.83. The Morgan fingerprint density at radius 2 is 1.39 bits per heavy atom. The van der Waals surface area contributed by atoms with Crippen LogP contribution < -0.4 is 5.32 Å².